The Kier molecular flexibility index (Phi) is 3.08. The van der Waals surface area contributed by atoms with E-state index in [0.717, 1.165) is 0 Å². The number of hydrogen-bond acceptors (Lipinski definition) is 6. The lowest BCUT2D eigenvalue weighted by atomic mass is 10.1. The zero-order valence-corrected chi connectivity index (χ0v) is 9.10. The molecule has 1 aliphatic rings. The van der Waals surface area contributed by atoms with Gasteiger partial charge in [-0.1, -0.05) is 5.21 Å². The molecule has 0 aliphatic carbocycles. The van der Waals surface area contributed by atoms with Crippen molar-refractivity contribution in [3.8, 4) is 0 Å². The number of hydrogen-bond donors (Lipinski definition) is 3. The first kappa shape index (κ1) is 11.2. The van der Waals surface area contributed by atoms with Gasteiger partial charge in [-0.05, 0) is 6.92 Å². The van der Waals surface area contributed by atoms with E-state index in [-0.39, 0.29) is 24.3 Å². The monoisotopic (exact) mass is 237 g/mol. The standard InChI is InChI=1S/C8H11N7O2/c1-4(7-12-14-15-13-7)9-8(17)5-2-3-6(16)11-10-5/h4H,2-3H2,1H3,(H,9,17)(H,11,16)(H,12,13,14,15). The number of amides is 2. The third-order valence-electron chi connectivity index (χ3n) is 2.26. The lowest BCUT2D eigenvalue weighted by molar-refractivity contribution is -0.121. The van der Waals surface area contributed by atoms with Crippen LogP contribution in [-0.4, -0.2) is 38.2 Å². The molecule has 3 N–H and O–H groups in total. The van der Waals surface area contributed by atoms with Crippen LogP contribution in [0.2, 0.25) is 0 Å². The maximum atomic E-state index is 11.7. The molecule has 2 amide bonds. The molecule has 1 unspecified atom stereocenters. The van der Waals surface area contributed by atoms with Crippen LogP contribution in [0.4, 0.5) is 0 Å². The first-order valence-corrected chi connectivity index (χ1v) is 5.06. The number of carbonyl (C=O) groups excluding carboxylic acids is 2. The molecule has 1 atom stereocenters. The number of hydrazone groups is 1. The summed E-state index contributed by atoms with van der Waals surface area (Å²) < 4.78 is 0. The highest BCUT2D eigenvalue weighted by Crippen LogP contribution is 2.05. The average molecular weight is 237 g/mol. The van der Waals surface area contributed by atoms with Gasteiger partial charge in [0.05, 0.1) is 6.04 Å². The Morgan fingerprint density at radius 1 is 1.47 bits per heavy atom. The van der Waals surface area contributed by atoms with Crippen molar-refractivity contribution in [1.82, 2.24) is 31.4 Å². The highest BCUT2D eigenvalue weighted by atomic mass is 16.2. The first-order valence-electron chi connectivity index (χ1n) is 5.06. The first-order chi connectivity index (χ1) is 8.16. The van der Waals surface area contributed by atoms with Crippen molar-refractivity contribution < 1.29 is 9.59 Å². The minimum absolute atomic E-state index is 0.187. The van der Waals surface area contributed by atoms with Crippen LogP contribution in [-0.2, 0) is 9.59 Å². The van der Waals surface area contributed by atoms with Gasteiger partial charge in [0.2, 0.25) is 5.91 Å². The predicted octanol–water partition coefficient (Wildman–Crippen LogP) is -1.36. The molecule has 2 heterocycles. The van der Waals surface area contributed by atoms with Crippen LogP contribution in [0.15, 0.2) is 5.10 Å². The van der Waals surface area contributed by atoms with Gasteiger partial charge in [-0.15, -0.1) is 10.2 Å². The molecular weight excluding hydrogens is 226 g/mol. The summed E-state index contributed by atoms with van der Waals surface area (Å²) >= 11 is 0. The summed E-state index contributed by atoms with van der Waals surface area (Å²) in [7, 11) is 0. The number of tetrazole rings is 1. The molecule has 0 radical (unpaired) electrons. The molecule has 90 valence electrons. The zero-order chi connectivity index (χ0) is 12.3. The fraction of sp³-hybridized carbons (Fsp3) is 0.500. The van der Waals surface area contributed by atoms with Crippen LogP contribution in [0.1, 0.15) is 31.6 Å². The smallest absolute Gasteiger partial charge is 0.268 e. The lowest BCUT2D eigenvalue weighted by Crippen LogP contribution is -2.38. The van der Waals surface area contributed by atoms with Gasteiger partial charge < -0.3 is 5.32 Å². The lowest BCUT2D eigenvalue weighted by Gasteiger charge is -2.14. The van der Waals surface area contributed by atoms with Crippen molar-refractivity contribution in [2.24, 2.45) is 5.10 Å². The van der Waals surface area contributed by atoms with E-state index in [1.807, 2.05) is 0 Å². The fourth-order valence-electron chi connectivity index (χ4n) is 1.34. The van der Waals surface area contributed by atoms with Gasteiger partial charge in [0.25, 0.3) is 5.91 Å². The second kappa shape index (κ2) is 4.68. The van der Waals surface area contributed by atoms with Gasteiger partial charge >= 0.3 is 0 Å². The van der Waals surface area contributed by atoms with Crippen LogP contribution in [0, 0.1) is 0 Å². The predicted molar refractivity (Wildman–Crippen MR) is 55.5 cm³/mol. The van der Waals surface area contributed by atoms with Crippen molar-refractivity contribution in [1.29, 1.82) is 0 Å². The maximum absolute atomic E-state index is 11.7. The minimum atomic E-state index is -0.374. The summed E-state index contributed by atoms with van der Waals surface area (Å²) in [5.41, 5.74) is 2.55. The van der Waals surface area contributed by atoms with Crippen molar-refractivity contribution in [2.45, 2.75) is 25.8 Å². The summed E-state index contributed by atoms with van der Waals surface area (Å²) in [6.45, 7) is 1.73. The highest BCUT2D eigenvalue weighted by Gasteiger charge is 2.21. The fourth-order valence-corrected chi connectivity index (χ4v) is 1.34. The quantitative estimate of drug-likeness (QED) is 0.599. The molecule has 0 aromatic carbocycles. The Morgan fingerprint density at radius 3 is 2.88 bits per heavy atom. The van der Waals surface area contributed by atoms with Crippen LogP contribution in [0.25, 0.3) is 0 Å². The molecule has 17 heavy (non-hydrogen) atoms. The third-order valence-corrected chi connectivity index (χ3v) is 2.26. The van der Waals surface area contributed by atoms with E-state index in [1.165, 1.54) is 0 Å². The largest absolute Gasteiger partial charge is 0.341 e. The SMILES string of the molecule is CC(NC(=O)C1=NNC(=O)CC1)c1nn[nH]n1. The van der Waals surface area contributed by atoms with Gasteiger partial charge in [0.1, 0.15) is 5.71 Å². The van der Waals surface area contributed by atoms with Crippen LogP contribution >= 0.6 is 0 Å². The zero-order valence-electron chi connectivity index (χ0n) is 9.10. The van der Waals surface area contributed by atoms with Crippen LogP contribution in [0.3, 0.4) is 0 Å². The summed E-state index contributed by atoms with van der Waals surface area (Å²) in [5, 5.41) is 19.6. The second-order valence-electron chi connectivity index (χ2n) is 3.56. The maximum Gasteiger partial charge on any atom is 0.268 e. The number of aromatic amines is 1. The van der Waals surface area contributed by atoms with Crippen molar-refractivity contribution >= 4 is 17.5 Å². The van der Waals surface area contributed by atoms with Gasteiger partial charge in [0, 0.05) is 12.8 Å². The van der Waals surface area contributed by atoms with Crippen molar-refractivity contribution in [2.75, 3.05) is 0 Å². The highest BCUT2D eigenvalue weighted by molar-refractivity contribution is 6.39. The Hall–Kier alpha value is -2.32. The number of nitrogens with zero attached hydrogens (tertiary/aromatic N) is 4. The minimum Gasteiger partial charge on any atom is -0.341 e. The molecule has 0 spiro atoms. The van der Waals surface area contributed by atoms with E-state index in [1.54, 1.807) is 6.92 Å². The number of carbonyl (C=O) groups is 2. The van der Waals surface area contributed by atoms with E-state index in [4.69, 9.17) is 0 Å². The van der Waals surface area contributed by atoms with Gasteiger partial charge in [-0.3, -0.25) is 9.59 Å². The summed E-state index contributed by atoms with van der Waals surface area (Å²) in [6, 6.07) is -0.374. The summed E-state index contributed by atoms with van der Waals surface area (Å²) in [5.74, 6) is -0.145. The molecule has 0 fully saturated rings. The molecular formula is C8H11N7O2. The van der Waals surface area contributed by atoms with Crippen molar-refractivity contribution in [3.05, 3.63) is 5.82 Å². The number of nitrogens with one attached hydrogen (secondary N) is 3. The second-order valence-corrected chi connectivity index (χ2v) is 3.56. The molecule has 0 bridgehead atoms. The molecule has 2 rings (SSSR count). The average Bonchev–Trinajstić information content (AvgIpc) is 2.83. The third kappa shape index (κ3) is 2.62. The molecule has 1 aromatic rings. The summed E-state index contributed by atoms with van der Waals surface area (Å²) in [6.07, 6.45) is 0.597. The Labute approximate surface area is 96.0 Å². The Balaban J connectivity index is 1.95. The molecule has 1 aromatic heterocycles. The number of aromatic nitrogens is 4. The van der Waals surface area contributed by atoms with Gasteiger partial charge in [-0.2, -0.15) is 10.3 Å². The molecule has 9 heteroatoms. The Morgan fingerprint density at radius 2 is 2.29 bits per heavy atom. The summed E-state index contributed by atoms with van der Waals surface area (Å²) in [4.78, 5) is 22.6. The van der Waals surface area contributed by atoms with E-state index in [0.29, 0.717) is 18.0 Å². The number of H-pyrrole nitrogens is 1. The molecule has 0 saturated heterocycles. The number of rotatable bonds is 3. The van der Waals surface area contributed by atoms with E-state index >= 15 is 0 Å². The van der Waals surface area contributed by atoms with Gasteiger partial charge in [-0.25, -0.2) is 5.43 Å². The molecule has 0 saturated carbocycles. The van der Waals surface area contributed by atoms with Crippen LogP contribution < -0.4 is 10.7 Å². The van der Waals surface area contributed by atoms with E-state index in [2.05, 4.69) is 36.5 Å². The van der Waals surface area contributed by atoms with Crippen molar-refractivity contribution in [3.63, 3.8) is 0 Å². The topological polar surface area (TPSA) is 125 Å². The van der Waals surface area contributed by atoms with E-state index < -0.39 is 0 Å². The normalized spacial score (nSPS) is 17.0. The Bertz CT molecular complexity index is 452. The van der Waals surface area contributed by atoms with E-state index in [9.17, 15) is 9.59 Å². The van der Waals surface area contributed by atoms with Gasteiger partial charge in [0.15, 0.2) is 5.82 Å². The van der Waals surface area contributed by atoms with Crippen LogP contribution in [0.5, 0.6) is 0 Å². The molecule has 9 nitrogen and oxygen atoms in total. The molecule has 1 aliphatic heterocycles.